The molecule has 4 amide bonds. The minimum Gasteiger partial charge on any atom is -0.354 e. The summed E-state index contributed by atoms with van der Waals surface area (Å²) in [7, 11) is 0. The molecule has 2 aromatic rings. The van der Waals surface area contributed by atoms with Crippen LogP contribution >= 0.6 is 11.6 Å². The Hall–Kier alpha value is -3.65. The van der Waals surface area contributed by atoms with E-state index < -0.39 is 6.04 Å². The Bertz CT molecular complexity index is 1120. The number of halogens is 1. The van der Waals surface area contributed by atoms with E-state index in [-0.39, 0.29) is 37.5 Å². The lowest BCUT2D eigenvalue weighted by Crippen LogP contribution is -2.47. The summed E-state index contributed by atoms with van der Waals surface area (Å²) in [5.74, 6) is -0.577. The molecule has 8 nitrogen and oxygen atoms in total. The number of nitrogens with zero attached hydrogens (tertiary/aromatic N) is 3. The van der Waals surface area contributed by atoms with Crippen LogP contribution in [0.4, 0.5) is 4.79 Å². The number of aromatic nitrogens is 1. The second-order valence-corrected chi connectivity index (χ2v) is 8.15. The number of hydrogen-bond donors (Lipinski definition) is 2. The summed E-state index contributed by atoms with van der Waals surface area (Å²) in [5.41, 5.74) is 2.49. The lowest BCUT2D eigenvalue weighted by atomic mass is 9.95. The minimum absolute atomic E-state index is 0.112. The molecule has 0 spiro atoms. The lowest BCUT2D eigenvalue weighted by molar-refractivity contribution is -0.131. The fourth-order valence-corrected chi connectivity index (χ4v) is 4.29. The van der Waals surface area contributed by atoms with E-state index in [0.29, 0.717) is 34.8 Å². The van der Waals surface area contributed by atoms with E-state index in [9.17, 15) is 14.4 Å². The van der Waals surface area contributed by atoms with Crippen LogP contribution in [0.3, 0.4) is 0 Å². The second-order valence-electron chi connectivity index (χ2n) is 7.75. The molecule has 4 rings (SSSR count). The molecular formula is C24H24ClN5O3. The Kier molecular flexibility index (Phi) is 6.74. The van der Waals surface area contributed by atoms with Gasteiger partial charge in [0.2, 0.25) is 5.91 Å². The molecule has 0 fully saturated rings. The van der Waals surface area contributed by atoms with Crippen LogP contribution in [-0.4, -0.2) is 58.8 Å². The first-order valence-electron chi connectivity index (χ1n) is 10.6. The maximum Gasteiger partial charge on any atom is 0.322 e. The number of amides is 4. The van der Waals surface area contributed by atoms with E-state index in [1.807, 2.05) is 18.2 Å². The van der Waals surface area contributed by atoms with Gasteiger partial charge in [-0.25, -0.2) is 4.79 Å². The molecule has 0 bridgehead atoms. The third-order valence-corrected chi connectivity index (χ3v) is 5.93. The second kappa shape index (κ2) is 9.87. The van der Waals surface area contributed by atoms with E-state index in [0.717, 1.165) is 5.69 Å². The third kappa shape index (κ3) is 4.75. The Balaban J connectivity index is 1.49. The molecule has 0 saturated carbocycles. The molecule has 0 aliphatic carbocycles. The highest BCUT2D eigenvalue weighted by Gasteiger charge is 2.44. The van der Waals surface area contributed by atoms with Gasteiger partial charge in [-0.05, 0) is 23.8 Å². The van der Waals surface area contributed by atoms with E-state index in [4.69, 9.17) is 11.6 Å². The average Bonchev–Trinajstić information content (AvgIpc) is 3.12. The summed E-state index contributed by atoms with van der Waals surface area (Å²) in [5, 5.41) is 6.16. The molecule has 170 valence electrons. The van der Waals surface area contributed by atoms with Gasteiger partial charge in [0, 0.05) is 36.4 Å². The first-order valence-corrected chi connectivity index (χ1v) is 11.0. The van der Waals surface area contributed by atoms with Crippen molar-refractivity contribution in [2.24, 2.45) is 0 Å². The van der Waals surface area contributed by atoms with Gasteiger partial charge in [-0.1, -0.05) is 41.9 Å². The highest BCUT2D eigenvalue weighted by atomic mass is 35.5. The Morgan fingerprint density at radius 1 is 1.24 bits per heavy atom. The minimum atomic E-state index is -0.688. The van der Waals surface area contributed by atoms with E-state index in [2.05, 4.69) is 22.2 Å². The van der Waals surface area contributed by atoms with Crippen LogP contribution in [0.2, 0.25) is 5.02 Å². The number of hydrogen-bond acceptors (Lipinski definition) is 4. The average molecular weight is 466 g/mol. The highest BCUT2D eigenvalue weighted by molar-refractivity contribution is 6.31. The standard InChI is InChI=1S/C24H24ClN5O3/c1-2-13-30-19-14-29(15-20(31)27-12-10-16-7-5-6-11-26-16)23(32)21(19)22(28-24(30)33)17-8-3-4-9-18(17)25/h2-9,11,22H,1,10,12-15H2,(H,27,31)(H,28,33)/t22-/m0/s1. The van der Waals surface area contributed by atoms with Crippen LogP contribution < -0.4 is 10.6 Å². The van der Waals surface area contributed by atoms with Gasteiger partial charge in [0.15, 0.2) is 0 Å². The van der Waals surface area contributed by atoms with Crippen LogP contribution in [-0.2, 0) is 16.0 Å². The number of pyridine rings is 1. The van der Waals surface area contributed by atoms with Crippen LogP contribution in [0.5, 0.6) is 0 Å². The number of urea groups is 1. The monoisotopic (exact) mass is 465 g/mol. The Morgan fingerprint density at radius 3 is 2.76 bits per heavy atom. The number of nitrogens with one attached hydrogen (secondary N) is 2. The van der Waals surface area contributed by atoms with Gasteiger partial charge >= 0.3 is 6.03 Å². The van der Waals surface area contributed by atoms with Crippen molar-refractivity contribution in [3.05, 3.63) is 88.9 Å². The van der Waals surface area contributed by atoms with Gasteiger partial charge in [-0.2, -0.15) is 0 Å². The van der Waals surface area contributed by atoms with Gasteiger partial charge in [0.1, 0.15) is 6.54 Å². The SMILES string of the molecule is C=CCN1C(=O)N[C@@H](c2ccccc2Cl)C2=C1CN(CC(=O)NCCc1ccccn1)C2=O. The van der Waals surface area contributed by atoms with Crippen molar-refractivity contribution in [1.82, 2.24) is 25.4 Å². The molecule has 0 saturated heterocycles. The Labute approximate surface area is 196 Å². The molecule has 2 aliphatic heterocycles. The van der Waals surface area contributed by atoms with Gasteiger partial charge < -0.3 is 15.5 Å². The molecule has 0 unspecified atom stereocenters. The molecule has 0 radical (unpaired) electrons. The van der Waals surface area contributed by atoms with Gasteiger partial charge in [-0.15, -0.1) is 6.58 Å². The summed E-state index contributed by atoms with van der Waals surface area (Å²) in [6.45, 7) is 4.41. The molecule has 1 aromatic carbocycles. The zero-order chi connectivity index (χ0) is 23.4. The predicted octanol–water partition coefficient (Wildman–Crippen LogP) is 2.44. The summed E-state index contributed by atoms with van der Waals surface area (Å²) in [6, 6.07) is 11.7. The first-order chi connectivity index (χ1) is 16.0. The fourth-order valence-electron chi connectivity index (χ4n) is 4.05. The van der Waals surface area contributed by atoms with Crippen LogP contribution in [0.15, 0.2) is 72.6 Å². The van der Waals surface area contributed by atoms with Crippen molar-refractivity contribution < 1.29 is 14.4 Å². The molecule has 33 heavy (non-hydrogen) atoms. The normalized spacial score (nSPS) is 17.7. The summed E-state index contributed by atoms with van der Waals surface area (Å²) in [4.78, 5) is 45.9. The molecule has 2 aliphatic rings. The molecule has 1 aromatic heterocycles. The Morgan fingerprint density at radius 2 is 2.03 bits per heavy atom. The predicted molar refractivity (Wildman–Crippen MR) is 124 cm³/mol. The molecular weight excluding hydrogens is 442 g/mol. The van der Waals surface area contributed by atoms with Crippen molar-refractivity contribution >= 4 is 29.4 Å². The lowest BCUT2D eigenvalue weighted by Gasteiger charge is -2.33. The first kappa shape index (κ1) is 22.5. The third-order valence-electron chi connectivity index (χ3n) is 5.59. The van der Waals surface area contributed by atoms with E-state index in [1.165, 1.54) is 9.80 Å². The zero-order valence-corrected chi connectivity index (χ0v) is 18.7. The van der Waals surface area contributed by atoms with E-state index >= 15 is 0 Å². The van der Waals surface area contributed by atoms with E-state index in [1.54, 1.807) is 36.5 Å². The maximum atomic E-state index is 13.4. The van der Waals surface area contributed by atoms with Crippen LogP contribution in [0.1, 0.15) is 17.3 Å². The summed E-state index contributed by atoms with van der Waals surface area (Å²) in [6.07, 6.45) is 3.89. The fraction of sp³-hybridized carbons (Fsp3) is 0.250. The largest absolute Gasteiger partial charge is 0.354 e. The van der Waals surface area contributed by atoms with Gasteiger partial charge in [0.05, 0.1) is 23.9 Å². The van der Waals surface area contributed by atoms with Crippen LogP contribution in [0.25, 0.3) is 0 Å². The quantitative estimate of drug-likeness (QED) is 0.585. The molecule has 3 heterocycles. The van der Waals surface area contributed by atoms with Crippen molar-refractivity contribution in [3.63, 3.8) is 0 Å². The number of carbonyl (C=O) groups excluding carboxylic acids is 3. The highest BCUT2D eigenvalue weighted by Crippen LogP contribution is 2.38. The van der Waals surface area contributed by atoms with Crippen molar-refractivity contribution in [3.8, 4) is 0 Å². The van der Waals surface area contributed by atoms with Crippen LogP contribution in [0, 0.1) is 0 Å². The van der Waals surface area contributed by atoms with Gasteiger partial charge in [0.25, 0.3) is 5.91 Å². The summed E-state index contributed by atoms with van der Waals surface area (Å²) >= 11 is 6.37. The summed E-state index contributed by atoms with van der Waals surface area (Å²) < 4.78 is 0. The molecule has 9 heteroatoms. The molecule has 1 atom stereocenters. The van der Waals surface area contributed by atoms with Crippen molar-refractivity contribution in [1.29, 1.82) is 0 Å². The number of benzene rings is 1. The topological polar surface area (TPSA) is 94.6 Å². The maximum absolute atomic E-state index is 13.4. The number of carbonyl (C=O) groups is 3. The zero-order valence-electron chi connectivity index (χ0n) is 18.0. The number of rotatable bonds is 8. The van der Waals surface area contributed by atoms with Crippen molar-refractivity contribution in [2.45, 2.75) is 12.5 Å². The smallest absolute Gasteiger partial charge is 0.322 e. The molecule has 2 N–H and O–H groups in total. The van der Waals surface area contributed by atoms with Gasteiger partial charge in [-0.3, -0.25) is 19.5 Å². The van der Waals surface area contributed by atoms with Crippen molar-refractivity contribution in [2.75, 3.05) is 26.2 Å².